The first-order valence-electron chi connectivity index (χ1n) is 4.74. The van der Waals surface area contributed by atoms with Crippen molar-refractivity contribution in [1.82, 2.24) is 0 Å². The molecule has 0 saturated heterocycles. The first kappa shape index (κ1) is 12.4. The van der Waals surface area contributed by atoms with Crippen LogP contribution in [0, 0.1) is 0 Å². The van der Waals surface area contributed by atoms with E-state index < -0.39 is 6.04 Å². The molecule has 4 N–H and O–H groups in total. The van der Waals surface area contributed by atoms with Gasteiger partial charge < -0.3 is 16.2 Å². The summed E-state index contributed by atoms with van der Waals surface area (Å²) in [7, 11) is 0. The standard InChI is InChI=1S/C9H20N2O2/c1-7(2)13-9(12)8(11)5-3-4-6-10/h7-8H,3-6,10-11H2,1-2H3. The maximum absolute atomic E-state index is 11.2. The van der Waals surface area contributed by atoms with Crippen molar-refractivity contribution >= 4 is 5.97 Å². The largest absolute Gasteiger partial charge is 0.462 e. The van der Waals surface area contributed by atoms with Gasteiger partial charge in [0.05, 0.1) is 6.10 Å². The zero-order valence-corrected chi connectivity index (χ0v) is 8.45. The van der Waals surface area contributed by atoms with E-state index in [2.05, 4.69) is 0 Å². The molecule has 0 aromatic carbocycles. The van der Waals surface area contributed by atoms with Crippen LogP contribution in [0.15, 0.2) is 0 Å². The topological polar surface area (TPSA) is 78.3 Å². The Hall–Kier alpha value is -0.610. The summed E-state index contributed by atoms with van der Waals surface area (Å²) in [6, 6.07) is -0.492. The molecule has 0 spiro atoms. The smallest absolute Gasteiger partial charge is 0.323 e. The van der Waals surface area contributed by atoms with Crippen molar-refractivity contribution in [1.29, 1.82) is 0 Å². The molecule has 0 aliphatic carbocycles. The molecule has 1 atom stereocenters. The van der Waals surface area contributed by atoms with Gasteiger partial charge in [0.1, 0.15) is 6.04 Å². The molecule has 0 aromatic heterocycles. The fraction of sp³-hybridized carbons (Fsp3) is 0.889. The molecule has 0 aliphatic rings. The van der Waals surface area contributed by atoms with Crippen LogP contribution in [0.25, 0.3) is 0 Å². The van der Waals surface area contributed by atoms with E-state index >= 15 is 0 Å². The second-order valence-corrected chi connectivity index (χ2v) is 3.38. The number of unbranched alkanes of at least 4 members (excludes halogenated alkanes) is 1. The van der Waals surface area contributed by atoms with Crippen LogP contribution in [0.2, 0.25) is 0 Å². The van der Waals surface area contributed by atoms with Crippen molar-refractivity contribution in [2.45, 2.75) is 45.3 Å². The van der Waals surface area contributed by atoms with Crippen LogP contribution >= 0.6 is 0 Å². The first-order chi connectivity index (χ1) is 6.07. The second kappa shape index (κ2) is 6.86. The average molecular weight is 188 g/mol. The molecule has 4 heteroatoms. The number of esters is 1. The minimum atomic E-state index is -0.492. The monoisotopic (exact) mass is 188 g/mol. The molecule has 0 fully saturated rings. The van der Waals surface area contributed by atoms with Gasteiger partial charge in [0, 0.05) is 0 Å². The molecule has 0 heterocycles. The van der Waals surface area contributed by atoms with E-state index in [4.69, 9.17) is 16.2 Å². The summed E-state index contributed by atoms with van der Waals surface area (Å²) in [6.07, 6.45) is 2.35. The van der Waals surface area contributed by atoms with E-state index in [9.17, 15) is 4.79 Å². The number of rotatable bonds is 6. The third-order valence-corrected chi connectivity index (χ3v) is 1.62. The normalized spacial score (nSPS) is 13.0. The Kier molecular flexibility index (Phi) is 6.54. The quantitative estimate of drug-likeness (QED) is 0.467. The minimum Gasteiger partial charge on any atom is -0.462 e. The van der Waals surface area contributed by atoms with Gasteiger partial charge in [-0.3, -0.25) is 4.79 Å². The van der Waals surface area contributed by atoms with Gasteiger partial charge in [-0.25, -0.2) is 0 Å². The lowest BCUT2D eigenvalue weighted by atomic mass is 10.1. The summed E-state index contributed by atoms with van der Waals surface area (Å²) in [5.74, 6) is -0.313. The molecule has 0 aliphatic heterocycles. The molecule has 0 amide bonds. The molecule has 13 heavy (non-hydrogen) atoms. The van der Waals surface area contributed by atoms with Gasteiger partial charge in [-0.15, -0.1) is 0 Å². The van der Waals surface area contributed by atoms with Crippen molar-refractivity contribution in [2.75, 3.05) is 6.54 Å². The summed E-state index contributed by atoms with van der Waals surface area (Å²) in [6.45, 7) is 4.26. The lowest BCUT2D eigenvalue weighted by Gasteiger charge is -2.13. The number of ether oxygens (including phenoxy) is 1. The highest BCUT2D eigenvalue weighted by atomic mass is 16.5. The SMILES string of the molecule is CC(C)OC(=O)C(N)CCCCN. The van der Waals surface area contributed by atoms with Crippen LogP contribution < -0.4 is 11.5 Å². The number of nitrogens with two attached hydrogens (primary N) is 2. The van der Waals surface area contributed by atoms with Gasteiger partial charge in [0.25, 0.3) is 0 Å². The summed E-state index contributed by atoms with van der Waals surface area (Å²) in [5.41, 5.74) is 10.9. The molecule has 0 bridgehead atoms. The van der Waals surface area contributed by atoms with Crippen LogP contribution in [0.4, 0.5) is 0 Å². The molecule has 1 unspecified atom stereocenters. The van der Waals surface area contributed by atoms with Gasteiger partial charge in [0.2, 0.25) is 0 Å². The maximum atomic E-state index is 11.2. The maximum Gasteiger partial charge on any atom is 0.323 e. The van der Waals surface area contributed by atoms with Crippen molar-refractivity contribution < 1.29 is 9.53 Å². The average Bonchev–Trinajstić information content (AvgIpc) is 2.03. The van der Waals surface area contributed by atoms with E-state index in [0.717, 1.165) is 12.8 Å². The van der Waals surface area contributed by atoms with E-state index in [1.54, 1.807) is 0 Å². The molecule has 78 valence electrons. The third-order valence-electron chi connectivity index (χ3n) is 1.62. The van der Waals surface area contributed by atoms with Crippen LogP contribution in [0.1, 0.15) is 33.1 Å². The molecule has 0 radical (unpaired) electrons. The third kappa shape index (κ3) is 6.54. The summed E-state index contributed by atoms with van der Waals surface area (Å²) < 4.78 is 4.95. The van der Waals surface area contributed by atoms with Gasteiger partial charge in [-0.1, -0.05) is 6.42 Å². The highest BCUT2D eigenvalue weighted by Crippen LogP contribution is 2.01. The van der Waals surface area contributed by atoms with E-state index in [0.29, 0.717) is 13.0 Å². The summed E-state index contributed by atoms with van der Waals surface area (Å²) >= 11 is 0. The van der Waals surface area contributed by atoms with Crippen molar-refractivity contribution in [3.63, 3.8) is 0 Å². The number of carbonyl (C=O) groups is 1. The fourth-order valence-corrected chi connectivity index (χ4v) is 0.946. The van der Waals surface area contributed by atoms with Gasteiger partial charge in [-0.2, -0.15) is 0 Å². The van der Waals surface area contributed by atoms with E-state index in [1.165, 1.54) is 0 Å². The summed E-state index contributed by atoms with van der Waals surface area (Å²) in [4.78, 5) is 11.2. The Labute approximate surface area is 79.6 Å². The van der Waals surface area contributed by atoms with Crippen LogP contribution in [-0.2, 0) is 9.53 Å². The molecule has 0 aromatic rings. The second-order valence-electron chi connectivity index (χ2n) is 3.38. The Morgan fingerprint density at radius 2 is 2.00 bits per heavy atom. The number of hydrogen-bond donors (Lipinski definition) is 2. The lowest BCUT2D eigenvalue weighted by Crippen LogP contribution is -2.33. The fourth-order valence-electron chi connectivity index (χ4n) is 0.946. The van der Waals surface area contributed by atoms with E-state index in [1.807, 2.05) is 13.8 Å². The zero-order chi connectivity index (χ0) is 10.3. The van der Waals surface area contributed by atoms with Gasteiger partial charge in [-0.05, 0) is 33.2 Å². The highest BCUT2D eigenvalue weighted by Gasteiger charge is 2.15. The highest BCUT2D eigenvalue weighted by molar-refractivity contribution is 5.75. The lowest BCUT2D eigenvalue weighted by molar-refractivity contribution is -0.149. The van der Waals surface area contributed by atoms with Gasteiger partial charge >= 0.3 is 5.97 Å². The molecular weight excluding hydrogens is 168 g/mol. The molecule has 4 nitrogen and oxygen atoms in total. The zero-order valence-electron chi connectivity index (χ0n) is 8.45. The molecule has 0 rings (SSSR count). The Balaban J connectivity index is 3.57. The molecular formula is C9H20N2O2. The predicted octanol–water partition coefficient (Wildman–Crippen LogP) is 0.394. The van der Waals surface area contributed by atoms with Crippen molar-refractivity contribution in [3.05, 3.63) is 0 Å². The van der Waals surface area contributed by atoms with E-state index in [-0.39, 0.29) is 12.1 Å². The van der Waals surface area contributed by atoms with Gasteiger partial charge in [0.15, 0.2) is 0 Å². The Bertz CT molecular complexity index is 149. The minimum absolute atomic E-state index is 0.0898. The number of hydrogen-bond acceptors (Lipinski definition) is 4. The Morgan fingerprint density at radius 1 is 1.38 bits per heavy atom. The van der Waals surface area contributed by atoms with Crippen LogP contribution in [-0.4, -0.2) is 24.7 Å². The van der Waals surface area contributed by atoms with Crippen molar-refractivity contribution in [2.24, 2.45) is 11.5 Å². The summed E-state index contributed by atoms with van der Waals surface area (Å²) in [5, 5.41) is 0. The van der Waals surface area contributed by atoms with Crippen molar-refractivity contribution in [3.8, 4) is 0 Å². The number of carbonyl (C=O) groups excluding carboxylic acids is 1. The molecule has 0 saturated carbocycles. The predicted molar refractivity (Wildman–Crippen MR) is 52.1 cm³/mol. The van der Waals surface area contributed by atoms with Crippen LogP contribution in [0.3, 0.4) is 0 Å². The first-order valence-corrected chi connectivity index (χ1v) is 4.74. The Morgan fingerprint density at radius 3 is 2.46 bits per heavy atom. The van der Waals surface area contributed by atoms with Crippen LogP contribution in [0.5, 0.6) is 0 Å².